The van der Waals surface area contributed by atoms with Crippen LogP contribution in [0.25, 0.3) is 16.7 Å². The van der Waals surface area contributed by atoms with Crippen molar-refractivity contribution in [1.82, 2.24) is 23.9 Å². The number of ether oxygens (including phenoxy) is 1. The van der Waals surface area contributed by atoms with Gasteiger partial charge in [0, 0.05) is 18.5 Å². The van der Waals surface area contributed by atoms with Crippen LogP contribution in [-0.2, 0) is 6.54 Å². The van der Waals surface area contributed by atoms with Crippen LogP contribution in [0.4, 0.5) is 4.79 Å². The van der Waals surface area contributed by atoms with Crippen LogP contribution in [0.3, 0.4) is 0 Å². The third-order valence-corrected chi connectivity index (χ3v) is 4.59. The Morgan fingerprint density at radius 1 is 1.27 bits per heavy atom. The van der Waals surface area contributed by atoms with E-state index in [0.29, 0.717) is 18.0 Å². The van der Waals surface area contributed by atoms with Crippen LogP contribution >= 0.6 is 0 Å². The van der Waals surface area contributed by atoms with Gasteiger partial charge < -0.3 is 19.4 Å². The minimum atomic E-state index is -0.894. The first kappa shape index (κ1) is 14.9. The highest BCUT2D eigenvalue weighted by molar-refractivity contribution is 5.76. The maximum Gasteiger partial charge on any atom is 0.411 e. The van der Waals surface area contributed by atoms with Crippen molar-refractivity contribution in [2.24, 2.45) is 5.73 Å². The first-order chi connectivity index (χ1) is 12.7. The minimum Gasteiger partial charge on any atom is -0.391 e. The number of pyridine rings is 2. The molecule has 4 aromatic heterocycles. The summed E-state index contributed by atoms with van der Waals surface area (Å²) >= 11 is 0. The summed E-state index contributed by atoms with van der Waals surface area (Å²) in [7, 11) is 0. The average molecular weight is 348 g/mol. The molecule has 0 saturated heterocycles. The predicted octanol–water partition coefficient (Wildman–Crippen LogP) is 2.46. The van der Waals surface area contributed by atoms with Gasteiger partial charge in [0.05, 0.1) is 30.3 Å². The summed E-state index contributed by atoms with van der Waals surface area (Å²) in [6.45, 7) is 0.553. The van der Waals surface area contributed by atoms with Gasteiger partial charge in [0.25, 0.3) is 0 Å². The molecule has 1 amide bonds. The first-order valence-electron chi connectivity index (χ1n) is 8.41. The van der Waals surface area contributed by atoms with Crippen LogP contribution in [0.1, 0.15) is 30.0 Å². The molecule has 0 bridgehead atoms. The molecule has 2 N–H and O–H groups in total. The van der Waals surface area contributed by atoms with Gasteiger partial charge in [-0.2, -0.15) is 0 Å². The number of primary amides is 1. The van der Waals surface area contributed by atoms with Crippen LogP contribution in [0, 0.1) is 0 Å². The Hall–Kier alpha value is -3.42. The van der Waals surface area contributed by atoms with Gasteiger partial charge in [-0.05, 0) is 30.4 Å². The smallest absolute Gasteiger partial charge is 0.391 e. The quantitative estimate of drug-likeness (QED) is 0.610. The van der Waals surface area contributed by atoms with E-state index in [4.69, 9.17) is 10.5 Å². The van der Waals surface area contributed by atoms with E-state index in [1.807, 2.05) is 10.8 Å². The SMILES string of the molecule is NC(=O)Oc1cc2c(cn1)ncn2Cc1cn2cc(C3CC3)ccc2n1. The Morgan fingerprint density at radius 2 is 2.15 bits per heavy atom. The number of carbonyl (C=O) groups excluding carboxylic acids is 1. The summed E-state index contributed by atoms with van der Waals surface area (Å²) in [6, 6.07) is 5.87. The molecule has 5 rings (SSSR count). The maximum absolute atomic E-state index is 10.9. The number of carbonyl (C=O) groups is 1. The molecule has 8 heteroatoms. The molecule has 1 aliphatic rings. The lowest BCUT2D eigenvalue weighted by Crippen LogP contribution is -2.16. The lowest BCUT2D eigenvalue weighted by atomic mass is 10.2. The Bertz CT molecular complexity index is 1140. The summed E-state index contributed by atoms with van der Waals surface area (Å²) in [5.41, 5.74) is 9.77. The number of hydrogen-bond acceptors (Lipinski definition) is 5. The second kappa shape index (κ2) is 5.55. The molecule has 0 radical (unpaired) electrons. The largest absolute Gasteiger partial charge is 0.411 e. The fraction of sp³-hybridized carbons (Fsp3) is 0.222. The van der Waals surface area contributed by atoms with Crippen molar-refractivity contribution in [3.05, 3.63) is 54.4 Å². The molecule has 130 valence electrons. The van der Waals surface area contributed by atoms with Crippen molar-refractivity contribution in [2.75, 3.05) is 0 Å². The van der Waals surface area contributed by atoms with Crippen LogP contribution in [-0.4, -0.2) is 30.0 Å². The van der Waals surface area contributed by atoms with Gasteiger partial charge in [0.2, 0.25) is 5.88 Å². The highest BCUT2D eigenvalue weighted by atomic mass is 16.6. The fourth-order valence-electron chi connectivity index (χ4n) is 3.20. The third kappa shape index (κ3) is 2.65. The zero-order chi connectivity index (χ0) is 17.7. The molecule has 26 heavy (non-hydrogen) atoms. The molecular formula is C18H16N6O2. The predicted molar refractivity (Wildman–Crippen MR) is 94.0 cm³/mol. The Balaban J connectivity index is 1.48. The molecule has 4 aromatic rings. The summed E-state index contributed by atoms with van der Waals surface area (Å²) in [4.78, 5) is 23.9. The average Bonchev–Trinajstić information content (AvgIpc) is 3.28. The Kier molecular flexibility index (Phi) is 3.18. The lowest BCUT2D eigenvalue weighted by Gasteiger charge is -2.03. The van der Waals surface area contributed by atoms with Crippen LogP contribution in [0.15, 0.2) is 43.1 Å². The van der Waals surface area contributed by atoms with E-state index in [0.717, 1.165) is 16.9 Å². The normalized spacial score (nSPS) is 14.2. The number of rotatable bonds is 4. The second-order valence-electron chi connectivity index (χ2n) is 6.54. The van der Waals surface area contributed by atoms with E-state index in [9.17, 15) is 4.79 Å². The molecule has 0 atom stereocenters. The van der Waals surface area contributed by atoms with Crippen molar-refractivity contribution in [3.63, 3.8) is 0 Å². The highest BCUT2D eigenvalue weighted by Gasteiger charge is 2.23. The standard InChI is InChI=1S/C18H16N6O2/c19-18(25)26-17-5-15-14(6-20-17)21-10-24(15)9-13-8-23-7-12(11-1-2-11)3-4-16(23)22-13/h3-8,10-11H,1-2,9H2,(H2,19,25). The van der Waals surface area contributed by atoms with Gasteiger partial charge in [0.15, 0.2) is 0 Å². The van der Waals surface area contributed by atoms with Crippen LogP contribution < -0.4 is 10.5 Å². The third-order valence-electron chi connectivity index (χ3n) is 4.59. The summed E-state index contributed by atoms with van der Waals surface area (Å²) in [5.74, 6) is 0.856. The minimum absolute atomic E-state index is 0.149. The zero-order valence-corrected chi connectivity index (χ0v) is 13.9. The van der Waals surface area contributed by atoms with Crippen molar-refractivity contribution >= 4 is 22.8 Å². The van der Waals surface area contributed by atoms with Crippen molar-refractivity contribution in [2.45, 2.75) is 25.3 Å². The fourth-order valence-corrected chi connectivity index (χ4v) is 3.20. The van der Waals surface area contributed by atoms with Crippen LogP contribution in [0.5, 0.6) is 5.88 Å². The van der Waals surface area contributed by atoms with Gasteiger partial charge in [-0.25, -0.2) is 19.7 Å². The van der Waals surface area contributed by atoms with Gasteiger partial charge in [-0.3, -0.25) is 0 Å². The lowest BCUT2D eigenvalue weighted by molar-refractivity contribution is 0.209. The van der Waals surface area contributed by atoms with E-state index in [-0.39, 0.29) is 5.88 Å². The first-order valence-corrected chi connectivity index (χ1v) is 8.41. The van der Waals surface area contributed by atoms with E-state index >= 15 is 0 Å². The summed E-state index contributed by atoms with van der Waals surface area (Å²) < 4.78 is 8.87. The van der Waals surface area contributed by atoms with E-state index in [2.05, 4.69) is 37.7 Å². The Morgan fingerprint density at radius 3 is 2.96 bits per heavy atom. The number of fused-ring (bicyclic) bond motifs is 2. The van der Waals surface area contributed by atoms with Crippen molar-refractivity contribution < 1.29 is 9.53 Å². The molecule has 4 heterocycles. The number of nitrogens with zero attached hydrogens (tertiary/aromatic N) is 5. The summed E-state index contributed by atoms with van der Waals surface area (Å²) in [5, 5.41) is 0. The van der Waals surface area contributed by atoms with E-state index < -0.39 is 6.09 Å². The Labute approximate surface area is 148 Å². The number of hydrogen-bond donors (Lipinski definition) is 1. The molecule has 0 aliphatic heterocycles. The van der Waals surface area contributed by atoms with E-state index in [1.165, 1.54) is 18.4 Å². The highest BCUT2D eigenvalue weighted by Crippen LogP contribution is 2.39. The number of amides is 1. The maximum atomic E-state index is 10.9. The van der Waals surface area contributed by atoms with E-state index in [1.54, 1.807) is 18.6 Å². The van der Waals surface area contributed by atoms with Gasteiger partial charge >= 0.3 is 6.09 Å². The monoisotopic (exact) mass is 348 g/mol. The van der Waals surface area contributed by atoms with Gasteiger partial charge in [-0.15, -0.1) is 0 Å². The van der Waals surface area contributed by atoms with Crippen LogP contribution in [0.2, 0.25) is 0 Å². The molecule has 1 saturated carbocycles. The molecule has 0 aromatic carbocycles. The number of imidazole rings is 2. The molecule has 0 spiro atoms. The molecule has 0 unspecified atom stereocenters. The number of nitrogens with two attached hydrogens (primary N) is 1. The summed E-state index contributed by atoms with van der Waals surface area (Å²) in [6.07, 6.45) is 9.13. The molecular weight excluding hydrogens is 332 g/mol. The number of aromatic nitrogens is 5. The van der Waals surface area contributed by atoms with Gasteiger partial charge in [0.1, 0.15) is 11.2 Å². The zero-order valence-electron chi connectivity index (χ0n) is 13.9. The molecule has 8 nitrogen and oxygen atoms in total. The topological polar surface area (TPSA) is 100 Å². The molecule has 1 aliphatic carbocycles. The second-order valence-corrected chi connectivity index (χ2v) is 6.54. The molecule has 1 fully saturated rings. The van der Waals surface area contributed by atoms with Crippen molar-refractivity contribution in [1.29, 1.82) is 0 Å². The van der Waals surface area contributed by atoms with Gasteiger partial charge in [-0.1, -0.05) is 6.07 Å². The van der Waals surface area contributed by atoms with Crippen molar-refractivity contribution in [3.8, 4) is 5.88 Å².